The highest BCUT2D eigenvalue weighted by atomic mass is 19.1. The maximum atomic E-state index is 12.7. The highest BCUT2D eigenvalue weighted by Crippen LogP contribution is 2.21. The van der Waals surface area contributed by atoms with E-state index in [9.17, 15) is 13.6 Å². The Balaban J connectivity index is 4.19. The average molecular weight is 160 g/mol. The summed E-state index contributed by atoms with van der Waals surface area (Å²) in [4.78, 5) is 9.93. The molecule has 0 aliphatic rings. The van der Waals surface area contributed by atoms with Gasteiger partial charge in [0.25, 0.3) is 0 Å². The molecule has 0 aromatic heterocycles. The monoisotopic (exact) mass is 160 g/mol. The minimum atomic E-state index is -1.53. The van der Waals surface area contributed by atoms with Crippen LogP contribution in [0.25, 0.3) is 0 Å². The van der Waals surface area contributed by atoms with Crippen LogP contribution < -0.4 is 0 Å². The molecule has 3 heteroatoms. The summed E-state index contributed by atoms with van der Waals surface area (Å²) < 4.78 is 25.0. The number of alkyl halides is 1. The van der Waals surface area contributed by atoms with Gasteiger partial charge in [0.1, 0.15) is 12.5 Å². The van der Waals surface area contributed by atoms with Crippen LogP contribution in [0.4, 0.5) is 8.78 Å². The number of halogens is 2. The smallest absolute Gasteiger partial charge is 0.127 e. The molecule has 0 fully saturated rings. The predicted octanol–water partition coefficient (Wildman–Crippen LogP) is 2.20. The molecular formula is C8H10F2O. The van der Waals surface area contributed by atoms with Crippen molar-refractivity contribution in [3.05, 3.63) is 25.1 Å². The number of hydrogen-bond donors (Lipinski definition) is 0. The summed E-state index contributed by atoms with van der Waals surface area (Å²) in [7, 11) is 0. The molecule has 11 heavy (non-hydrogen) atoms. The van der Waals surface area contributed by atoms with Gasteiger partial charge in [0.05, 0.1) is 11.7 Å². The molecule has 0 aliphatic carbocycles. The maximum Gasteiger partial charge on any atom is 0.127 e. The van der Waals surface area contributed by atoms with E-state index >= 15 is 0 Å². The Labute approximate surface area is 64.4 Å². The van der Waals surface area contributed by atoms with E-state index in [0.717, 1.165) is 6.08 Å². The van der Waals surface area contributed by atoms with Gasteiger partial charge in [-0.2, -0.15) is 0 Å². The van der Waals surface area contributed by atoms with Crippen LogP contribution in [0.15, 0.2) is 25.1 Å². The lowest BCUT2D eigenvalue weighted by Crippen LogP contribution is -2.14. The highest BCUT2D eigenvalue weighted by Gasteiger charge is 2.20. The molecule has 0 heterocycles. The number of aldehydes is 1. The van der Waals surface area contributed by atoms with E-state index < -0.39 is 17.9 Å². The molecule has 1 nitrogen and oxygen atoms in total. The van der Waals surface area contributed by atoms with Crippen molar-refractivity contribution in [1.82, 2.24) is 0 Å². The summed E-state index contributed by atoms with van der Waals surface area (Å²) in [5.41, 5.74) is 0. The fraction of sp³-hybridized carbons (Fsp3) is 0.375. The van der Waals surface area contributed by atoms with Crippen molar-refractivity contribution in [2.45, 2.75) is 12.6 Å². The number of hydrogen-bond acceptors (Lipinski definition) is 1. The molecule has 0 aromatic rings. The first-order chi connectivity index (χ1) is 5.13. The van der Waals surface area contributed by atoms with Crippen molar-refractivity contribution in [3.63, 3.8) is 0 Å². The Morgan fingerprint density at radius 3 is 2.45 bits per heavy atom. The molecule has 0 aromatic carbocycles. The number of allylic oxidation sites excluding steroid dienone is 2. The Morgan fingerprint density at radius 1 is 1.64 bits per heavy atom. The van der Waals surface area contributed by atoms with Gasteiger partial charge in [-0.1, -0.05) is 12.7 Å². The van der Waals surface area contributed by atoms with Gasteiger partial charge in [-0.3, -0.25) is 0 Å². The van der Waals surface area contributed by atoms with Crippen LogP contribution in [0.2, 0.25) is 0 Å². The molecule has 62 valence electrons. The predicted molar refractivity (Wildman–Crippen MR) is 39.5 cm³/mol. The quantitative estimate of drug-likeness (QED) is 0.445. The molecule has 0 amide bonds. The number of carbonyl (C=O) groups is 1. The van der Waals surface area contributed by atoms with Gasteiger partial charge >= 0.3 is 0 Å². The third-order valence-electron chi connectivity index (χ3n) is 1.36. The third kappa shape index (κ3) is 3.07. The molecule has 0 aliphatic heterocycles. The SMILES string of the molecule is C=CC(F)C(CC=O)C(=C)F. The first kappa shape index (κ1) is 10.0. The summed E-state index contributed by atoms with van der Waals surface area (Å²) in [6.07, 6.45) is -0.301. The van der Waals surface area contributed by atoms with Crippen molar-refractivity contribution >= 4 is 6.29 Å². The van der Waals surface area contributed by atoms with Gasteiger partial charge in [-0.25, -0.2) is 8.78 Å². The molecule has 0 N–H and O–H groups in total. The Bertz CT molecular complexity index is 165. The van der Waals surface area contributed by atoms with Gasteiger partial charge < -0.3 is 4.79 Å². The van der Waals surface area contributed by atoms with Gasteiger partial charge in [0.2, 0.25) is 0 Å². The van der Waals surface area contributed by atoms with Gasteiger partial charge in [0.15, 0.2) is 0 Å². The summed E-state index contributed by atoms with van der Waals surface area (Å²) in [5.74, 6) is -1.88. The van der Waals surface area contributed by atoms with Crippen molar-refractivity contribution in [1.29, 1.82) is 0 Å². The molecule has 0 bridgehead atoms. The van der Waals surface area contributed by atoms with Crippen LogP contribution in [0.5, 0.6) is 0 Å². The van der Waals surface area contributed by atoms with E-state index in [0.29, 0.717) is 6.29 Å². The van der Waals surface area contributed by atoms with E-state index in [1.54, 1.807) is 0 Å². The molecule has 0 radical (unpaired) electrons. The van der Waals surface area contributed by atoms with E-state index in [1.165, 1.54) is 0 Å². The van der Waals surface area contributed by atoms with Crippen molar-refractivity contribution in [2.75, 3.05) is 0 Å². The molecular weight excluding hydrogens is 150 g/mol. The van der Waals surface area contributed by atoms with Crippen molar-refractivity contribution < 1.29 is 13.6 Å². The lowest BCUT2D eigenvalue weighted by atomic mass is 10.00. The Hall–Kier alpha value is -0.990. The largest absolute Gasteiger partial charge is 0.303 e. The zero-order chi connectivity index (χ0) is 8.85. The van der Waals surface area contributed by atoms with Crippen LogP contribution in [0, 0.1) is 5.92 Å². The fourth-order valence-electron chi connectivity index (χ4n) is 0.699. The van der Waals surface area contributed by atoms with Crippen LogP contribution in [0.3, 0.4) is 0 Å². The second kappa shape index (κ2) is 4.77. The second-order valence-corrected chi connectivity index (χ2v) is 2.14. The minimum absolute atomic E-state index is 0.192. The number of carbonyl (C=O) groups excluding carboxylic acids is 1. The van der Waals surface area contributed by atoms with Crippen LogP contribution in [0.1, 0.15) is 6.42 Å². The van der Waals surface area contributed by atoms with E-state index in [2.05, 4.69) is 13.2 Å². The molecule has 0 saturated heterocycles. The first-order valence-electron chi connectivity index (χ1n) is 3.18. The van der Waals surface area contributed by atoms with Crippen LogP contribution >= 0.6 is 0 Å². The van der Waals surface area contributed by atoms with Gasteiger partial charge in [-0.15, -0.1) is 6.58 Å². The molecule has 2 unspecified atom stereocenters. The van der Waals surface area contributed by atoms with Gasteiger partial charge in [-0.05, 0) is 0 Å². The highest BCUT2D eigenvalue weighted by molar-refractivity contribution is 5.50. The molecule has 2 atom stereocenters. The summed E-state index contributed by atoms with van der Waals surface area (Å²) in [6.45, 7) is 6.08. The second-order valence-electron chi connectivity index (χ2n) is 2.14. The van der Waals surface area contributed by atoms with Crippen molar-refractivity contribution in [3.8, 4) is 0 Å². The fourth-order valence-corrected chi connectivity index (χ4v) is 0.699. The first-order valence-corrected chi connectivity index (χ1v) is 3.18. The topological polar surface area (TPSA) is 17.1 Å². The maximum absolute atomic E-state index is 12.7. The zero-order valence-electron chi connectivity index (χ0n) is 6.09. The lowest BCUT2D eigenvalue weighted by molar-refractivity contribution is -0.108. The normalized spacial score (nSPS) is 15.1. The van der Waals surface area contributed by atoms with Crippen LogP contribution in [-0.2, 0) is 4.79 Å². The van der Waals surface area contributed by atoms with Crippen molar-refractivity contribution in [2.24, 2.45) is 5.92 Å². The molecule has 0 saturated carbocycles. The summed E-state index contributed by atoms with van der Waals surface area (Å²) in [6, 6.07) is 0. The van der Waals surface area contributed by atoms with E-state index in [1.807, 2.05) is 0 Å². The molecule has 0 spiro atoms. The van der Waals surface area contributed by atoms with E-state index in [-0.39, 0.29) is 6.42 Å². The minimum Gasteiger partial charge on any atom is -0.303 e. The lowest BCUT2D eigenvalue weighted by Gasteiger charge is -2.12. The zero-order valence-corrected chi connectivity index (χ0v) is 6.09. The van der Waals surface area contributed by atoms with E-state index in [4.69, 9.17) is 0 Å². The Morgan fingerprint density at radius 2 is 2.18 bits per heavy atom. The Kier molecular flexibility index (Phi) is 4.34. The van der Waals surface area contributed by atoms with Gasteiger partial charge in [0, 0.05) is 6.42 Å². The van der Waals surface area contributed by atoms with Crippen LogP contribution in [-0.4, -0.2) is 12.5 Å². The standard InChI is InChI=1S/C8H10F2O/c1-3-8(10)7(4-5-11)6(2)9/h3,5,7-8H,1-2,4H2. The summed E-state index contributed by atoms with van der Waals surface area (Å²) in [5, 5.41) is 0. The average Bonchev–Trinajstić information content (AvgIpc) is 1.98. The summed E-state index contributed by atoms with van der Waals surface area (Å²) >= 11 is 0. The third-order valence-corrected chi connectivity index (χ3v) is 1.36. The molecule has 0 rings (SSSR count). The number of rotatable bonds is 5.